The molecule has 1 aliphatic heterocycles. The summed E-state index contributed by atoms with van der Waals surface area (Å²) in [6.07, 6.45) is 6.05. The van der Waals surface area contributed by atoms with Crippen molar-refractivity contribution in [2.45, 2.75) is 51.7 Å². The zero-order valence-corrected chi connectivity index (χ0v) is 17.6. The number of halogens is 1. The quantitative estimate of drug-likeness (QED) is 0.637. The number of alkyl halides is 1. The molecule has 0 amide bonds. The van der Waals surface area contributed by atoms with Crippen LogP contribution in [0.5, 0.6) is 0 Å². The number of nitrogens with zero attached hydrogens (tertiary/aromatic N) is 6. The van der Waals surface area contributed by atoms with Gasteiger partial charge in [0.1, 0.15) is 12.0 Å². The molecule has 29 heavy (non-hydrogen) atoms. The number of hydrogen-bond donors (Lipinski definition) is 0. The Morgan fingerprint density at radius 2 is 2.31 bits per heavy atom. The van der Waals surface area contributed by atoms with Crippen LogP contribution in [0.4, 0.5) is 10.1 Å². The van der Waals surface area contributed by atoms with Crippen LogP contribution in [0.1, 0.15) is 39.5 Å². The molecule has 158 valence electrons. The molecule has 7 nitrogen and oxygen atoms in total. The maximum absolute atomic E-state index is 14.0. The van der Waals surface area contributed by atoms with Crippen molar-refractivity contribution in [1.29, 1.82) is 0 Å². The molecule has 2 atom stereocenters. The first kappa shape index (κ1) is 21.2. The summed E-state index contributed by atoms with van der Waals surface area (Å²) < 4.78 is 16.8. The minimum atomic E-state index is -0.760. The summed E-state index contributed by atoms with van der Waals surface area (Å²) in [4.78, 5) is 20.9. The van der Waals surface area contributed by atoms with E-state index in [0.29, 0.717) is 31.0 Å². The molecule has 0 saturated carbocycles. The van der Waals surface area contributed by atoms with Gasteiger partial charge in [-0.1, -0.05) is 20.4 Å². The molecular formula is C21H31FN6O. The molecule has 0 N–H and O–H groups in total. The van der Waals surface area contributed by atoms with Gasteiger partial charge in [-0.05, 0) is 38.3 Å². The van der Waals surface area contributed by atoms with Crippen LogP contribution >= 0.6 is 0 Å². The molecule has 2 aromatic rings. The Balaban J connectivity index is 1.92. The second kappa shape index (κ2) is 9.35. The molecule has 3 rings (SSSR count). The molecule has 8 heteroatoms. The number of piperidine rings is 1. The number of hydrogen-bond acceptors (Lipinski definition) is 5. The van der Waals surface area contributed by atoms with E-state index >= 15 is 0 Å². The smallest absolute Gasteiger partial charge is 0.325 e. The van der Waals surface area contributed by atoms with Crippen LogP contribution in [0.3, 0.4) is 0 Å². The number of pyridine rings is 1. The minimum Gasteiger partial charge on any atom is -0.325 e. The molecule has 2 unspecified atom stereocenters. The van der Waals surface area contributed by atoms with E-state index in [1.165, 1.54) is 9.08 Å². The summed E-state index contributed by atoms with van der Waals surface area (Å²) in [5.41, 5.74) is 1.25. The van der Waals surface area contributed by atoms with Gasteiger partial charge in [-0.3, -0.25) is 9.30 Å². The monoisotopic (exact) mass is 402 g/mol. The first-order valence-electron chi connectivity index (χ1n) is 10.4. The highest BCUT2D eigenvalue weighted by molar-refractivity contribution is 5.63. The third kappa shape index (κ3) is 4.75. The number of anilines is 1. The van der Waals surface area contributed by atoms with Gasteiger partial charge in [-0.15, -0.1) is 0 Å². The van der Waals surface area contributed by atoms with Crippen molar-refractivity contribution in [2.24, 2.45) is 12.0 Å². The van der Waals surface area contributed by atoms with E-state index in [4.69, 9.17) is 0 Å². The average Bonchev–Trinajstić information content (AvgIpc) is 3.00. The predicted molar refractivity (Wildman–Crippen MR) is 115 cm³/mol. The third-order valence-electron chi connectivity index (χ3n) is 5.48. The molecule has 1 fully saturated rings. The highest BCUT2D eigenvalue weighted by atomic mass is 19.1. The first-order chi connectivity index (χ1) is 13.9. The van der Waals surface area contributed by atoms with E-state index in [-0.39, 0.29) is 11.7 Å². The van der Waals surface area contributed by atoms with Gasteiger partial charge in [0, 0.05) is 50.3 Å². The molecule has 0 aromatic carbocycles. The van der Waals surface area contributed by atoms with E-state index in [2.05, 4.69) is 28.5 Å². The Kier molecular flexibility index (Phi) is 6.84. The van der Waals surface area contributed by atoms with E-state index in [1.807, 2.05) is 30.2 Å². The largest absolute Gasteiger partial charge is 0.350 e. The fraction of sp³-hybridized carbons (Fsp3) is 0.571. The zero-order valence-electron chi connectivity index (χ0n) is 17.6. The van der Waals surface area contributed by atoms with Gasteiger partial charge in [-0.2, -0.15) is 5.10 Å². The van der Waals surface area contributed by atoms with Crippen LogP contribution in [0, 0.1) is 0 Å². The summed E-state index contributed by atoms with van der Waals surface area (Å²) in [6.45, 7) is 10.4. The lowest BCUT2D eigenvalue weighted by Crippen LogP contribution is -2.48. The Morgan fingerprint density at radius 3 is 3.00 bits per heavy atom. The minimum absolute atomic E-state index is 0.185. The van der Waals surface area contributed by atoms with Crippen molar-refractivity contribution < 1.29 is 4.39 Å². The number of likely N-dealkylation sites (tertiary alicyclic amines) is 1. The summed E-state index contributed by atoms with van der Waals surface area (Å²) in [6, 6.07) is 3.93. The van der Waals surface area contributed by atoms with Gasteiger partial charge >= 0.3 is 5.69 Å². The lowest BCUT2D eigenvalue weighted by atomic mass is 10.0. The van der Waals surface area contributed by atoms with Crippen LogP contribution in [-0.2, 0) is 7.05 Å². The van der Waals surface area contributed by atoms with E-state index in [1.54, 1.807) is 13.2 Å². The Bertz CT molecular complexity index is 933. The molecule has 0 aliphatic carbocycles. The Hall–Kier alpha value is -2.48. The number of aliphatic imine (C=N–C) groups is 1. The van der Waals surface area contributed by atoms with Crippen LogP contribution in [0.25, 0.3) is 5.65 Å². The first-order valence-corrected chi connectivity index (χ1v) is 10.4. The van der Waals surface area contributed by atoms with E-state index in [9.17, 15) is 9.18 Å². The van der Waals surface area contributed by atoms with Gasteiger partial charge in [0.2, 0.25) is 0 Å². The highest BCUT2D eigenvalue weighted by Gasteiger charge is 2.27. The standard InChI is InChI=1S/C21H31FN6O/c1-5-10-23-16(3)28(15-18(6-2)26-11-7-8-17(22)14-26)19-9-12-27-20(13-19)24-25(4)21(27)29/h9-10,12-13,17-18H,3,5-8,11,14-15H2,1-2,4H3. The van der Waals surface area contributed by atoms with Crippen molar-refractivity contribution in [2.75, 3.05) is 24.5 Å². The molecule has 1 aliphatic rings. The van der Waals surface area contributed by atoms with E-state index < -0.39 is 6.17 Å². The van der Waals surface area contributed by atoms with Crippen LogP contribution in [0.15, 0.2) is 40.5 Å². The molecule has 1 saturated heterocycles. The summed E-state index contributed by atoms with van der Waals surface area (Å²) in [5.74, 6) is 0.627. The van der Waals surface area contributed by atoms with Gasteiger partial charge in [0.05, 0.1) is 0 Å². The molecular weight excluding hydrogens is 371 g/mol. The lowest BCUT2D eigenvalue weighted by molar-refractivity contribution is 0.0989. The predicted octanol–water partition coefficient (Wildman–Crippen LogP) is 3.00. The van der Waals surface area contributed by atoms with Crippen molar-refractivity contribution in [3.8, 4) is 0 Å². The molecule has 2 aromatic heterocycles. The molecule has 3 heterocycles. The fourth-order valence-corrected chi connectivity index (χ4v) is 3.86. The van der Waals surface area contributed by atoms with Crippen LogP contribution < -0.4 is 10.6 Å². The topological polar surface area (TPSA) is 58.1 Å². The summed E-state index contributed by atoms with van der Waals surface area (Å²) in [5, 5.41) is 4.29. The third-order valence-corrected chi connectivity index (χ3v) is 5.48. The average molecular weight is 403 g/mol. The van der Waals surface area contributed by atoms with Gasteiger partial charge < -0.3 is 4.90 Å². The second-order valence-electron chi connectivity index (χ2n) is 7.56. The zero-order chi connectivity index (χ0) is 21.0. The van der Waals surface area contributed by atoms with Gasteiger partial charge in [-0.25, -0.2) is 18.9 Å². The van der Waals surface area contributed by atoms with Crippen LogP contribution in [0.2, 0.25) is 0 Å². The molecule has 0 bridgehead atoms. The second-order valence-corrected chi connectivity index (χ2v) is 7.56. The Morgan fingerprint density at radius 1 is 1.52 bits per heavy atom. The lowest BCUT2D eigenvalue weighted by Gasteiger charge is -2.38. The van der Waals surface area contributed by atoms with Gasteiger partial charge in [0.25, 0.3) is 0 Å². The summed E-state index contributed by atoms with van der Waals surface area (Å²) in [7, 11) is 1.63. The Labute approximate surface area is 171 Å². The summed E-state index contributed by atoms with van der Waals surface area (Å²) >= 11 is 0. The number of aryl methyl sites for hydroxylation is 1. The van der Waals surface area contributed by atoms with Crippen molar-refractivity contribution in [1.82, 2.24) is 19.1 Å². The maximum atomic E-state index is 14.0. The fourth-order valence-electron chi connectivity index (χ4n) is 3.86. The number of fused-ring (bicyclic) bond motifs is 1. The molecule has 0 spiro atoms. The van der Waals surface area contributed by atoms with Crippen molar-refractivity contribution >= 4 is 17.5 Å². The van der Waals surface area contributed by atoms with Crippen LogP contribution in [-0.4, -0.2) is 57.1 Å². The van der Waals surface area contributed by atoms with Gasteiger partial charge in [0.15, 0.2) is 5.65 Å². The maximum Gasteiger partial charge on any atom is 0.350 e. The molecule has 0 radical (unpaired) electrons. The highest BCUT2D eigenvalue weighted by Crippen LogP contribution is 2.24. The van der Waals surface area contributed by atoms with E-state index in [0.717, 1.165) is 31.5 Å². The SMILES string of the molecule is C=C(N=CCC)N(CC(CC)N1CCCC(F)C1)c1ccn2c(=O)n(C)nc2c1. The number of aromatic nitrogens is 3. The van der Waals surface area contributed by atoms with Crippen molar-refractivity contribution in [3.63, 3.8) is 0 Å². The number of rotatable bonds is 8. The van der Waals surface area contributed by atoms with Crippen molar-refractivity contribution in [3.05, 3.63) is 41.2 Å². The normalized spacial score (nSPS) is 19.1.